The number of anilines is 2. The molecule has 0 unspecified atom stereocenters. The highest BCUT2D eigenvalue weighted by molar-refractivity contribution is 5.64. The Morgan fingerprint density at radius 2 is 1.63 bits per heavy atom. The maximum Gasteiger partial charge on any atom is 0.124 e. The van der Waals surface area contributed by atoms with E-state index in [1.54, 1.807) is 32.4 Å². The highest BCUT2D eigenvalue weighted by Crippen LogP contribution is 2.28. The largest absolute Gasteiger partial charge is 0.497 e. The molecule has 0 radical (unpaired) electrons. The van der Waals surface area contributed by atoms with E-state index in [1.807, 2.05) is 24.3 Å². The Hall–Kier alpha value is -2.67. The van der Waals surface area contributed by atoms with Crippen molar-refractivity contribution in [2.75, 3.05) is 19.5 Å². The average Bonchev–Trinajstić information content (AvgIpc) is 2.47. The van der Waals surface area contributed by atoms with E-state index in [-0.39, 0.29) is 0 Å². The Morgan fingerprint density at radius 1 is 0.947 bits per heavy atom. The summed E-state index contributed by atoms with van der Waals surface area (Å²) in [5.41, 5.74) is 2.29. The molecule has 2 aromatic rings. The Kier molecular flexibility index (Phi) is 3.89. The van der Waals surface area contributed by atoms with E-state index in [0.717, 1.165) is 11.4 Å². The molecule has 0 atom stereocenters. The third-order valence-electron chi connectivity index (χ3n) is 2.63. The van der Waals surface area contributed by atoms with Crippen molar-refractivity contribution in [1.29, 1.82) is 5.26 Å². The van der Waals surface area contributed by atoms with E-state index in [2.05, 4.69) is 11.4 Å². The van der Waals surface area contributed by atoms with Crippen LogP contribution in [0.25, 0.3) is 0 Å². The molecule has 0 heterocycles. The summed E-state index contributed by atoms with van der Waals surface area (Å²) in [5, 5.41) is 12.1. The third kappa shape index (κ3) is 3.17. The molecule has 0 spiro atoms. The molecule has 0 saturated heterocycles. The van der Waals surface area contributed by atoms with Crippen molar-refractivity contribution in [2.45, 2.75) is 0 Å². The number of rotatable bonds is 4. The fourth-order valence-electron chi connectivity index (χ4n) is 1.71. The van der Waals surface area contributed by atoms with Gasteiger partial charge in [0.1, 0.15) is 11.5 Å². The first-order chi connectivity index (χ1) is 9.25. The second-order valence-corrected chi connectivity index (χ2v) is 3.92. The van der Waals surface area contributed by atoms with Gasteiger partial charge in [-0.15, -0.1) is 0 Å². The maximum atomic E-state index is 8.87. The number of methoxy groups -OCH3 is 2. The van der Waals surface area contributed by atoms with Crippen LogP contribution in [0.1, 0.15) is 5.56 Å². The normalized spacial score (nSPS) is 9.53. The van der Waals surface area contributed by atoms with E-state index in [9.17, 15) is 0 Å². The summed E-state index contributed by atoms with van der Waals surface area (Å²) in [4.78, 5) is 0. The van der Waals surface area contributed by atoms with Gasteiger partial charge in [-0.1, -0.05) is 6.07 Å². The van der Waals surface area contributed by atoms with Crippen LogP contribution in [0.5, 0.6) is 11.5 Å². The molecular weight excluding hydrogens is 240 g/mol. The van der Waals surface area contributed by atoms with E-state index in [1.165, 1.54) is 0 Å². The molecule has 0 amide bonds. The highest BCUT2D eigenvalue weighted by Gasteiger charge is 2.02. The van der Waals surface area contributed by atoms with Gasteiger partial charge in [-0.05, 0) is 18.2 Å². The van der Waals surface area contributed by atoms with Gasteiger partial charge >= 0.3 is 0 Å². The van der Waals surface area contributed by atoms with Gasteiger partial charge in [0.15, 0.2) is 0 Å². The van der Waals surface area contributed by atoms with Gasteiger partial charge in [-0.25, -0.2) is 0 Å². The Labute approximate surface area is 112 Å². The fourth-order valence-corrected chi connectivity index (χ4v) is 1.71. The Balaban J connectivity index is 2.29. The Bertz CT molecular complexity index is 596. The minimum Gasteiger partial charge on any atom is -0.497 e. The van der Waals surface area contributed by atoms with E-state index in [0.29, 0.717) is 17.1 Å². The molecule has 2 aromatic carbocycles. The molecule has 0 bridgehead atoms. The molecule has 0 aliphatic rings. The second-order valence-electron chi connectivity index (χ2n) is 3.92. The van der Waals surface area contributed by atoms with Crippen LogP contribution in [0.4, 0.5) is 11.4 Å². The molecule has 0 aliphatic carbocycles. The van der Waals surface area contributed by atoms with Gasteiger partial charge in [0.2, 0.25) is 0 Å². The van der Waals surface area contributed by atoms with E-state index < -0.39 is 0 Å². The number of nitrogens with zero attached hydrogens (tertiary/aromatic N) is 1. The zero-order valence-corrected chi connectivity index (χ0v) is 10.8. The second kappa shape index (κ2) is 5.78. The predicted octanol–water partition coefficient (Wildman–Crippen LogP) is 3.32. The van der Waals surface area contributed by atoms with Crippen molar-refractivity contribution >= 4 is 11.4 Å². The molecule has 1 N–H and O–H groups in total. The SMILES string of the molecule is COc1cc(Nc2cccc(C#N)c2)cc(OC)c1. The zero-order valence-electron chi connectivity index (χ0n) is 10.8. The Morgan fingerprint density at radius 3 is 2.21 bits per heavy atom. The van der Waals surface area contributed by atoms with Crippen LogP contribution < -0.4 is 14.8 Å². The first-order valence-electron chi connectivity index (χ1n) is 5.75. The summed E-state index contributed by atoms with van der Waals surface area (Å²) in [6.07, 6.45) is 0. The van der Waals surface area contributed by atoms with Gasteiger partial charge in [0.25, 0.3) is 0 Å². The average molecular weight is 254 g/mol. The third-order valence-corrected chi connectivity index (χ3v) is 2.63. The lowest BCUT2D eigenvalue weighted by Gasteiger charge is -2.10. The fraction of sp³-hybridized carbons (Fsp3) is 0.133. The molecule has 4 nitrogen and oxygen atoms in total. The summed E-state index contributed by atoms with van der Waals surface area (Å²) in [7, 11) is 3.21. The quantitative estimate of drug-likeness (QED) is 0.909. The van der Waals surface area contributed by atoms with Crippen molar-refractivity contribution in [1.82, 2.24) is 0 Å². The summed E-state index contributed by atoms with van der Waals surface area (Å²) < 4.78 is 10.4. The smallest absolute Gasteiger partial charge is 0.124 e. The molecule has 0 aliphatic heterocycles. The lowest BCUT2D eigenvalue weighted by atomic mass is 10.2. The van der Waals surface area contributed by atoms with Crippen LogP contribution in [0.15, 0.2) is 42.5 Å². The molecular formula is C15H14N2O2. The van der Waals surface area contributed by atoms with Crippen LogP contribution in [-0.4, -0.2) is 14.2 Å². The van der Waals surface area contributed by atoms with Crippen molar-refractivity contribution in [3.63, 3.8) is 0 Å². The lowest BCUT2D eigenvalue weighted by Crippen LogP contribution is -1.94. The maximum absolute atomic E-state index is 8.87. The molecule has 4 heteroatoms. The van der Waals surface area contributed by atoms with Gasteiger partial charge in [-0.3, -0.25) is 0 Å². The summed E-state index contributed by atoms with van der Waals surface area (Å²) in [6, 6.07) is 14.9. The summed E-state index contributed by atoms with van der Waals surface area (Å²) in [5.74, 6) is 1.41. The number of hydrogen-bond acceptors (Lipinski definition) is 4. The van der Waals surface area contributed by atoms with Gasteiger partial charge in [-0.2, -0.15) is 5.26 Å². The van der Waals surface area contributed by atoms with Gasteiger partial charge in [0.05, 0.1) is 25.9 Å². The van der Waals surface area contributed by atoms with Crippen LogP contribution in [0.2, 0.25) is 0 Å². The predicted molar refractivity (Wildman–Crippen MR) is 74.0 cm³/mol. The van der Waals surface area contributed by atoms with Crippen molar-refractivity contribution in [3.8, 4) is 17.6 Å². The van der Waals surface area contributed by atoms with Crippen molar-refractivity contribution < 1.29 is 9.47 Å². The molecule has 2 rings (SSSR count). The van der Waals surface area contributed by atoms with E-state index >= 15 is 0 Å². The van der Waals surface area contributed by atoms with Crippen LogP contribution >= 0.6 is 0 Å². The summed E-state index contributed by atoms with van der Waals surface area (Å²) >= 11 is 0. The molecule has 19 heavy (non-hydrogen) atoms. The van der Waals surface area contributed by atoms with Crippen LogP contribution in [0.3, 0.4) is 0 Å². The molecule has 0 fully saturated rings. The standard InChI is InChI=1S/C15H14N2O2/c1-18-14-7-13(8-15(9-14)19-2)17-12-5-3-4-11(6-12)10-16/h3-9,17H,1-2H3. The number of hydrogen-bond donors (Lipinski definition) is 1. The topological polar surface area (TPSA) is 54.3 Å². The van der Waals surface area contributed by atoms with E-state index in [4.69, 9.17) is 14.7 Å². The zero-order chi connectivity index (χ0) is 13.7. The molecule has 0 aromatic heterocycles. The minimum absolute atomic E-state index is 0.611. The first kappa shape index (κ1) is 12.8. The first-order valence-corrected chi connectivity index (χ1v) is 5.75. The van der Waals surface area contributed by atoms with Crippen molar-refractivity contribution in [2.24, 2.45) is 0 Å². The number of nitrogens with one attached hydrogen (secondary N) is 1. The number of nitriles is 1. The summed E-state index contributed by atoms with van der Waals surface area (Å²) in [6.45, 7) is 0. The lowest BCUT2D eigenvalue weighted by molar-refractivity contribution is 0.395. The number of ether oxygens (including phenoxy) is 2. The highest BCUT2D eigenvalue weighted by atomic mass is 16.5. The number of benzene rings is 2. The van der Waals surface area contributed by atoms with Crippen molar-refractivity contribution in [3.05, 3.63) is 48.0 Å². The van der Waals surface area contributed by atoms with Gasteiger partial charge in [0, 0.05) is 29.6 Å². The molecule has 96 valence electrons. The molecule has 0 saturated carbocycles. The van der Waals surface area contributed by atoms with Crippen LogP contribution in [0, 0.1) is 11.3 Å². The van der Waals surface area contributed by atoms with Gasteiger partial charge < -0.3 is 14.8 Å². The minimum atomic E-state index is 0.611. The van der Waals surface area contributed by atoms with Crippen LogP contribution in [-0.2, 0) is 0 Å². The monoisotopic (exact) mass is 254 g/mol.